The number of nitrogens with one attached hydrogen (secondary N) is 1. The first-order valence-electron chi connectivity index (χ1n) is 6.61. The third-order valence-corrected chi connectivity index (χ3v) is 2.86. The Labute approximate surface area is 119 Å². The third-order valence-electron chi connectivity index (χ3n) is 2.86. The molecule has 1 amide bonds. The molecule has 1 N–H and O–H groups in total. The fraction of sp³-hybridized carbons (Fsp3) is 0.467. The fourth-order valence-corrected chi connectivity index (χ4v) is 1.91. The Morgan fingerprint density at radius 3 is 2.60 bits per heavy atom. The Balaban J connectivity index is 2.69. The van der Waals surface area contributed by atoms with Crippen LogP contribution in [0.15, 0.2) is 18.2 Å². The van der Waals surface area contributed by atoms with Gasteiger partial charge in [0.15, 0.2) is 5.78 Å². The molecule has 1 aromatic rings. The van der Waals surface area contributed by atoms with Crippen molar-refractivity contribution in [3.05, 3.63) is 29.3 Å². The largest absolute Gasteiger partial charge is 0.496 e. The normalized spacial score (nSPS) is 10.4. The number of benzene rings is 1. The van der Waals surface area contributed by atoms with Gasteiger partial charge in [0.1, 0.15) is 5.75 Å². The number of amides is 1. The lowest BCUT2D eigenvalue weighted by atomic mass is 10.1. The molecule has 20 heavy (non-hydrogen) atoms. The van der Waals surface area contributed by atoms with E-state index in [9.17, 15) is 9.59 Å². The molecule has 5 nitrogen and oxygen atoms in total. The molecule has 0 aromatic heterocycles. The number of hydrogen-bond acceptors (Lipinski definition) is 4. The number of hydrogen-bond donors (Lipinski definition) is 1. The van der Waals surface area contributed by atoms with Gasteiger partial charge < -0.3 is 10.1 Å². The van der Waals surface area contributed by atoms with Gasteiger partial charge in [-0.2, -0.15) is 0 Å². The second-order valence-corrected chi connectivity index (χ2v) is 4.75. The molecule has 0 unspecified atom stereocenters. The highest BCUT2D eigenvalue weighted by Crippen LogP contribution is 2.20. The number of carbonyl (C=O) groups excluding carboxylic acids is 2. The van der Waals surface area contributed by atoms with Gasteiger partial charge >= 0.3 is 0 Å². The van der Waals surface area contributed by atoms with Crippen molar-refractivity contribution >= 4 is 11.7 Å². The van der Waals surface area contributed by atoms with Crippen LogP contribution in [0.4, 0.5) is 0 Å². The second-order valence-electron chi connectivity index (χ2n) is 4.75. The number of Topliss-reactive ketones (excluding diaryl/α,β-unsaturated/α-hetero) is 1. The average molecular weight is 278 g/mol. The first kappa shape index (κ1) is 16.2. The highest BCUT2D eigenvalue weighted by atomic mass is 16.5. The van der Waals surface area contributed by atoms with Crippen LogP contribution in [0.2, 0.25) is 0 Å². The number of carbonyl (C=O) groups is 2. The predicted molar refractivity (Wildman–Crippen MR) is 78.2 cm³/mol. The van der Waals surface area contributed by atoms with Crippen LogP contribution in [0.3, 0.4) is 0 Å². The van der Waals surface area contributed by atoms with Gasteiger partial charge in [0.25, 0.3) is 0 Å². The van der Waals surface area contributed by atoms with Crippen LogP contribution >= 0.6 is 0 Å². The molecule has 0 fully saturated rings. The summed E-state index contributed by atoms with van der Waals surface area (Å²) in [4.78, 5) is 25.4. The molecule has 0 spiro atoms. The quantitative estimate of drug-likeness (QED) is 0.763. The van der Waals surface area contributed by atoms with Crippen LogP contribution < -0.4 is 10.1 Å². The van der Waals surface area contributed by atoms with Crippen LogP contribution in [-0.2, 0) is 4.79 Å². The molecule has 0 saturated heterocycles. The van der Waals surface area contributed by atoms with Gasteiger partial charge in [-0.3, -0.25) is 14.5 Å². The Bertz CT molecular complexity index is 486. The van der Waals surface area contributed by atoms with Crippen molar-refractivity contribution < 1.29 is 14.3 Å². The van der Waals surface area contributed by atoms with Crippen LogP contribution in [0, 0.1) is 6.92 Å². The van der Waals surface area contributed by atoms with Crippen LogP contribution in [0.25, 0.3) is 0 Å². The van der Waals surface area contributed by atoms with Crippen molar-refractivity contribution in [2.45, 2.75) is 13.8 Å². The van der Waals surface area contributed by atoms with E-state index in [2.05, 4.69) is 5.32 Å². The van der Waals surface area contributed by atoms with Crippen LogP contribution in [-0.4, -0.2) is 50.4 Å². The Morgan fingerprint density at radius 2 is 2.00 bits per heavy atom. The third kappa shape index (κ3) is 4.66. The van der Waals surface area contributed by atoms with E-state index in [-0.39, 0.29) is 24.8 Å². The van der Waals surface area contributed by atoms with E-state index in [4.69, 9.17) is 4.74 Å². The summed E-state index contributed by atoms with van der Waals surface area (Å²) in [6.45, 7) is 4.77. The maximum absolute atomic E-state index is 12.2. The second kappa shape index (κ2) is 7.65. The van der Waals surface area contributed by atoms with Crippen molar-refractivity contribution in [2.24, 2.45) is 0 Å². The maximum atomic E-state index is 12.2. The summed E-state index contributed by atoms with van der Waals surface area (Å²) < 4.78 is 5.23. The zero-order valence-corrected chi connectivity index (χ0v) is 12.5. The van der Waals surface area contributed by atoms with Crippen molar-refractivity contribution in [3.63, 3.8) is 0 Å². The number of rotatable bonds is 7. The molecule has 1 rings (SSSR count). The summed E-state index contributed by atoms with van der Waals surface area (Å²) in [6.07, 6.45) is 0. The van der Waals surface area contributed by atoms with Gasteiger partial charge in [0.2, 0.25) is 5.91 Å². The summed E-state index contributed by atoms with van der Waals surface area (Å²) in [6, 6.07) is 5.47. The number of methoxy groups -OCH3 is 1. The van der Waals surface area contributed by atoms with Crippen molar-refractivity contribution in [3.8, 4) is 5.75 Å². The van der Waals surface area contributed by atoms with Gasteiger partial charge in [-0.25, -0.2) is 0 Å². The number of nitrogens with zero attached hydrogens (tertiary/aromatic N) is 1. The summed E-state index contributed by atoms with van der Waals surface area (Å²) in [5.74, 6) is 0.425. The molecule has 110 valence electrons. The average Bonchev–Trinajstić information content (AvgIpc) is 2.38. The minimum atomic E-state index is -0.0846. The zero-order chi connectivity index (χ0) is 15.1. The van der Waals surface area contributed by atoms with Crippen LogP contribution in [0.1, 0.15) is 22.8 Å². The smallest absolute Gasteiger partial charge is 0.234 e. The van der Waals surface area contributed by atoms with E-state index in [0.29, 0.717) is 17.9 Å². The predicted octanol–water partition coefficient (Wildman–Crippen LogP) is 1.25. The molecule has 0 aliphatic carbocycles. The molecular formula is C15H22N2O3. The number of aryl methyl sites for hydroxylation is 1. The van der Waals surface area contributed by atoms with Crippen molar-refractivity contribution in [1.82, 2.24) is 10.2 Å². The number of ether oxygens (including phenoxy) is 1. The molecule has 0 radical (unpaired) electrons. The van der Waals surface area contributed by atoms with Crippen molar-refractivity contribution in [1.29, 1.82) is 0 Å². The fourth-order valence-electron chi connectivity index (χ4n) is 1.91. The van der Waals surface area contributed by atoms with E-state index < -0.39 is 0 Å². The minimum Gasteiger partial charge on any atom is -0.496 e. The van der Waals surface area contributed by atoms with Gasteiger partial charge in [0, 0.05) is 6.54 Å². The molecule has 0 heterocycles. The lowest BCUT2D eigenvalue weighted by Crippen LogP contribution is -2.37. The highest BCUT2D eigenvalue weighted by Gasteiger charge is 2.15. The summed E-state index contributed by atoms with van der Waals surface area (Å²) in [5.41, 5.74) is 1.58. The van der Waals surface area contributed by atoms with Gasteiger partial charge in [-0.1, -0.05) is 6.07 Å². The monoisotopic (exact) mass is 278 g/mol. The molecular weight excluding hydrogens is 256 g/mol. The zero-order valence-electron chi connectivity index (χ0n) is 12.5. The lowest BCUT2D eigenvalue weighted by molar-refractivity contribution is -0.121. The van der Waals surface area contributed by atoms with E-state index in [0.717, 1.165) is 5.56 Å². The van der Waals surface area contributed by atoms with E-state index in [1.807, 2.05) is 26.0 Å². The van der Waals surface area contributed by atoms with E-state index in [1.165, 1.54) is 0 Å². The summed E-state index contributed by atoms with van der Waals surface area (Å²) >= 11 is 0. The SMILES string of the molecule is CCNC(=O)CN(C)CC(=O)c1ccc(C)cc1OC. The minimum absolute atomic E-state index is 0.0614. The molecule has 5 heteroatoms. The highest BCUT2D eigenvalue weighted by molar-refractivity contribution is 6.00. The molecule has 0 saturated carbocycles. The first-order chi connectivity index (χ1) is 9.47. The van der Waals surface area contributed by atoms with Gasteiger partial charge in [-0.15, -0.1) is 0 Å². The van der Waals surface area contributed by atoms with Crippen LogP contribution in [0.5, 0.6) is 5.75 Å². The molecule has 0 bridgehead atoms. The molecule has 0 atom stereocenters. The Hall–Kier alpha value is -1.88. The standard InChI is InChI=1S/C15H22N2O3/c1-5-16-15(19)10-17(3)9-13(18)12-7-6-11(2)8-14(12)20-4/h6-8H,5,9-10H2,1-4H3,(H,16,19). The van der Waals surface area contributed by atoms with Crippen molar-refractivity contribution in [2.75, 3.05) is 33.8 Å². The van der Waals surface area contributed by atoms with Gasteiger partial charge in [-0.05, 0) is 38.6 Å². The van der Waals surface area contributed by atoms with E-state index >= 15 is 0 Å². The summed E-state index contributed by atoms with van der Waals surface area (Å²) in [7, 11) is 3.29. The number of ketones is 1. The van der Waals surface area contributed by atoms with Gasteiger partial charge in [0.05, 0.1) is 25.8 Å². The maximum Gasteiger partial charge on any atom is 0.234 e. The van der Waals surface area contributed by atoms with E-state index in [1.54, 1.807) is 25.1 Å². The lowest BCUT2D eigenvalue weighted by Gasteiger charge is -2.16. The molecule has 0 aliphatic heterocycles. The summed E-state index contributed by atoms with van der Waals surface area (Å²) in [5, 5.41) is 2.70. The Kier molecular flexibility index (Phi) is 6.18. The number of likely N-dealkylation sites (N-methyl/N-ethyl adjacent to an activating group) is 2. The first-order valence-corrected chi connectivity index (χ1v) is 6.61. The topological polar surface area (TPSA) is 58.6 Å². The Morgan fingerprint density at radius 1 is 1.30 bits per heavy atom. The molecule has 0 aliphatic rings. The molecule has 1 aromatic carbocycles.